The van der Waals surface area contributed by atoms with Crippen LogP contribution in [0.2, 0.25) is 0 Å². The molecule has 1 rings (SSSR count). The third kappa shape index (κ3) is 2.81. The SMILES string of the molecule is CCC(C)C(=O)Oc1ncc(C)s1. The Bertz CT molecular complexity index is 296. The number of rotatable bonds is 3. The minimum absolute atomic E-state index is 0.0517. The highest BCUT2D eigenvalue weighted by Gasteiger charge is 2.14. The van der Waals surface area contributed by atoms with Crippen molar-refractivity contribution in [2.45, 2.75) is 27.2 Å². The van der Waals surface area contributed by atoms with E-state index in [1.54, 1.807) is 6.20 Å². The van der Waals surface area contributed by atoms with Crippen LogP contribution in [-0.2, 0) is 4.79 Å². The molecular formula is C9H13NO2S. The molecule has 1 aromatic rings. The van der Waals surface area contributed by atoms with Gasteiger partial charge < -0.3 is 4.74 Å². The first-order chi connectivity index (χ1) is 6.13. The molecule has 0 saturated heterocycles. The van der Waals surface area contributed by atoms with E-state index in [-0.39, 0.29) is 11.9 Å². The van der Waals surface area contributed by atoms with Gasteiger partial charge in [-0.25, -0.2) is 4.98 Å². The molecule has 0 fully saturated rings. The molecule has 0 radical (unpaired) electrons. The largest absolute Gasteiger partial charge is 0.398 e. The van der Waals surface area contributed by atoms with Gasteiger partial charge in [0.25, 0.3) is 5.19 Å². The fraction of sp³-hybridized carbons (Fsp3) is 0.556. The number of hydrogen-bond donors (Lipinski definition) is 0. The number of ether oxygens (including phenoxy) is 1. The van der Waals surface area contributed by atoms with Crippen LogP contribution in [0.3, 0.4) is 0 Å². The molecule has 0 aromatic carbocycles. The van der Waals surface area contributed by atoms with Gasteiger partial charge in [-0.1, -0.05) is 25.2 Å². The fourth-order valence-electron chi connectivity index (χ4n) is 0.735. The summed E-state index contributed by atoms with van der Waals surface area (Å²) in [6, 6.07) is 0. The van der Waals surface area contributed by atoms with Crippen LogP contribution in [0.25, 0.3) is 0 Å². The quantitative estimate of drug-likeness (QED) is 0.702. The Morgan fingerprint density at radius 3 is 2.92 bits per heavy atom. The molecule has 72 valence electrons. The van der Waals surface area contributed by atoms with Crippen molar-refractivity contribution in [1.29, 1.82) is 0 Å². The van der Waals surface area contributed by atoms with Crippen LogP contribution in [0.5, 0.6) is 5.19 Å². The van der Waals surface area contributed by atoms with Gasteiger partial charge in [-0.15, -0.1) is 0 Å². The minimum Gasteiger partial charge on any atom is -0.398 e. The van der Waals surface area contributed by atoms with Crippen molar-refractivity contribution in [1.82, 2.24) is 4.98 Å². The zero-order valence-corrected chi connectivity index (χ0v) is 8.85. The lowest BCUT2D eigenvalue weighted by molar-refractivity contribution is -0.138. The highest BCUT2D eigenvalue weighted by atomic mass is 32.1. The molecule has 0 aliphatic heterocycles. The van der Waals surface area contributed by atoms with E-state index in [4.69, 9.17) is 4.74 Å². The fourth-order valence-corrected chi connectivity index (χ4v) is 1.34. The standard InChI is InChI=1S/C9H13NO2S/c1-4-6(2)8(11)12-9-10-5-7(3)13-9/h5-6H,4H2,1-3H3. The second-order valence-corrected chi connectivity index (χ2v) is 4.16. The topological polar surface area (TPSA) is 39.2 Å². The summed E-state index contributed by atoms with van der Waals surface area (Å²) < 4.78 is 5.06. The molecule has 1 atom stereocenters. The molecule has 0 saturated carbocycles. The highest BCUT2D eigenvalue weighted by Crippen LogP contribution is 2.20. The lowest BCUT2D eigenvalue weighted by atomic mass is 10.1. The molecule has 4 heteroatoms. The van der Waals surface area contributed by atoms with Crippen LogP contribution < -0.4 is 4.74 Å². The highest BCUT2D eigenvalue weighted by molar-refractivity contribution is 7.13. The lowest BCUT2D eigenvalue weighted by Crippen LogP contribution is -2.16. The molecule has 0 amide bonds. The Hall–Kier alpha value is -0.900. The van der Waals surface area contributed by atoms with Crippen molar-refractivity contribution in [3.63, 3.8) is 0 Å². The van der Waals surface area contributed by atoms with Crippen LogP contribution in [0.4, 0.5) is 0 Å². The maximum atomic E-state index is 11.3. The van der Waals surface area contributed by atoms with Gasteiger partial charge >= 0.3 is 5.97 Å². The van der Waals surface area contributed by atoms with Crippen molar-refractivity contribution in [3.8, 4) is 5.19 Å². The van der Waals surface area contributed by atoms with Crippen LogP contribution in [0, 0.1) is 12.8 Å². The van der Waals surface area contributed by atoms with Crippen LogP contribution in [0.15, 0.2) is 6.20 Å². The summed E-state index contributed by atoms with van der Waals surface area (Å²) in [4.78, 5) is 16.3. The number of carbonyl (C=O) groups is 1. The van der Waals surface area contributed by atoms with Gasteiger partial charge in [0.2, 0.25) is 0 Å². The normalized spacial score (nSPS) is 12.5. The predicted molar refractivity (Wildman–Crippen MR) is 51.9 cm³/mol. The van der Waals surface area contributed by atoms with Gasteiger partial charge in [0, 0.05) is 11.1 Å². The molecule has 0 aliphatic carbocycles. The minimum atomic E-state index is -0.197. The van der Waals surface area contributed by atoms with E-state index >= 15 is 0 Å². The lowest BCUT2D eigenvalue weighted by Gasteiger charge is -2.05. The number of carbonyl (C=O) groups excluding carboxylic acids is 1. The molecule has 1 heterocycles. The van der Waals surface area contributed by atoms with Gasteiger partial charge in [-0.2, -0.15) is 0 Å². The smallest absolute Gasteiger partial charge is 0.315 e. The summed E-state index contributed by atoms with van der Waals surface area (Å²) in [7, 11) is 0. The second kappa shape index (κ2) is 4.37. The molecular weight excluding hydrogens is 186 g/mol. The Morgan fingerprint density at radius 2 is 2.46 bits per heavy atom. The Labute approximate surface area is 81.8 Å². The summed E-state index contributed by atoms with van der Waals surface area (Å²) >= 11 is 1.39. The van der Waals surface area contributed by atoms with Crippen molar-refractivity contribution < 1.29 is 9.53 Å². The second-order valence-electron chi connectivity index (χ2n) is 2.97. The predicted octanol–water partition coefficient (Wildman–Crippen LogP) is 2.40. The van der Waals surface area contributed by atoms with Crippen LogP contribution in [-0.4, -0.2) is 11.0 Å². The first-order valence-corrected chi connectivity index (χ1v) is 5.09. The van der Waals surface area contributed by atoms with E-state index in [1.807, 2.05) is 20.8 Å². The molecule has 0 aliphatic rings. The number of hydrogen-bond acceptors (Lipinski definition) is 4. The maximum absolute atomic E-state index is 11.3. The average Bonchev–Trinajstić information content (AvgIpc) is 2.49. The first kappa shape index (κ1) is 10.2. The van der Waals surface area contributed by atoms with E-state index in [9.17, 15) is 4.79 Å². The third-order valence-corrected chi connectivity index (χ3v) is 2.59. The number of thiazole rings is 1. The van der Waals surface area contributed by atoms with Crippen molar-refractivity contribution in [2.24, 2.45) is 5.92 Å². The maximum Gasteiger partial charge on any atom is 0.315 e. The van der Waals surface area contributed by atoms with E-state index in [0.717, 1.165) is 11.3 Å². The van der Waals surface area contributed by atoms with Gasteiger partial charge in [0.1, 0.15) is 0 Å². The molecule has 3 nitrogen and oxygen atoms in total. The number of aromatic nitrogens is 1. The molecule has 13 heavy (non-hydrogen) atoms. The zero-order valence-electron chi connectivity index (χ0n) is 8.03. The summed E-state index contributed by atoms with van der Waals surface area (Å²) in [5.41, 5.74) is 0. The summed E-state index contributed by atoms with van der Waals surface area (Å²) in [6.07, 6.45) is 2.49. The Kier molecular flexibility index (Phi) is 3.42. The average molecular weight is 199 g/mol. The van der Waals surface area contributed by atoms with E-state index < -0.39 is 0 Å². The van der Waals surface area contributed by atoms with E-state index in [0.29, 0.717) is 5.19 Å². The molecule has 1 aromatic heterocycles. The van der Waals surface area contributed by atoms with Gasteiger partial charge in [0.05, 0.1) is 5.92 Å². The van der Waals surface area contributed by atoms with Crippen LogP contribution in [0.1, 0.15) is 25.1 Å². The summed E-state index contributed by atoms with van der Waals surface area (Å²) in [6.45, 7) is 5.74. The number of aryl methyl sites for hydroxylation is 1. The molecule has 0 bridgehead atoms. The zero-order chi connectivity index (χ0) is 9.84. The Morgan fingerprint density at radius 1 is 1.77 bits per heavy atom. The van der Waals surface area contributed by atoms with Crippen molar-refractivity contribution >= 4 is 17.3 Å². The van der Waals surface area contributed by atoms with Crippen molar-refractivity contribution in [2.75, 3.05) is 0 Å². The monoisotopic (exact) mass is 199 g/mol. The van der Waals surface area contributed by atoms with E-state index in [2.05, 4.69) is 4.98 Å². The number of esters is 1. The van der Waals surface area contributed by atoms with Crippen LogP contribution >= 0.6 is 11.3 Å². The Balaban J connectivity index is 2.54. The van der Waals surface area contributed by atoms with Crippen molar-refractivity contribution in [3.05, 3.63) is 11.1 Å². The van der Waals surface area contributed by atoms with E-state index in [1.165, 1.54) is 11.3 Å². The summed E-state index contributed by atoms with van der Waals surface area (Å²) in [5, 5.41) is 0.447. The third-order valence-electron chi connectivity index (χ3n) is 1.80. The van der Waals surface area contributed by atoms with Gasteiger partial charge in [-0.05, 0) is 13.3 Å². The molecule has 0 spiro atoms. The molecule has 1 unspecified atom stereocenters. The van der Waals surface area contributed by atoms with Gasteiger partial charge in [-0.3, -0.25) is 4.79 Å². The first-order valence-electron chi connectivity index (χ1n) is 4.27. The summed E-state index contributed by atoms with van der Waals surface area (Å²) in [5.74, 6) is -0.249. The molecule has 0 N–H and O–H groups in total. The van der Waals surface area contributed by atoms with Gasteiger partial charge in [0.15, 0.2) is 0 Å². The number of nitrogens with zero attached hydrogens (tertiary/aromatic N) is 1.